The van der Waals surface area contributed by atoms with E-state index >= 15 is 0 Å². The quantitative estimate of drug-likeness (QED) is 0.327. The van der Waals surface area contributed by atoms with E-state index in [2.05, 4.69) is 10.3 Å². The van der Waals surface area contributed by atoms with Gasteiger partial charge in [-0.15, -0.1) is 0 Å². The monoisotopic (exact) mass is 493 g/mol. The number of benzene rings is 3. The summed E-state index contributed by atoms with van der Waals surface area (Å²) < 4.78 is 10.8. The number of ether oxygens (including phenoxy) is 2. The third-order valence-corrected chi connectivity index (χ3v) is 6.00. The fourth-order valence-corrected chi connectivity index (χ4v) is 4.12. The molecule has 0 amide bonds. The average Bonchev–Trinajstić information content (AvgIpc) is 2.84. The topological polar surface area (TPSA) is 66.6 Å². The highest BCUT2D eigenvalue weighted by Crippen LogP contribution is 2.23. The van der Waals surface area contributed by atoms with E-state index in [1.807, 2.05) is 59.5 Å². The Morgan fingerprint density at radius 2 is 1.76 bits per heavy atom. The van der Waals surface area contributed by atoms with Crippen LogP contribution < -0.4 is 20.3 Å². The SMILES string of the molecule is COc1ccc2cc(CN(Cc3ccccc3OC)C(=S)Nc3cccc(Cl)c3)c(=O)[nH]c2c1. The molecule has 0 radical (unpaired) electrons. The molecule has 0 saturated carbocycles. The van der Waals surface area contributed by atoms with Crippen molar-refractivity contribution in [2.75, 3.05) is 19.5 Å². The molecule has 0 aliphatic rings. The Labute approximate surface area is 208 Å². The lowest BCUT2D eigenvalue weighted by Crippen LogP contribution is -2.35. The van der Waals surface area contributed by atoms with Crippen LogP contribution in [0.3, 0.4) is 0 Å². The van der Waals surface area contributed by atoms with Crippen LogP contribution >= 0.6 is 23.8 Å². The summed E-state index contributed by atoms with van der Waals surface area (Å²) >= 11 is 11.9. The Morgan fingerprint density at radius 1 is 0.971 bits per heavy atom. The number of thiocarbonyl (C=S) groups is 1. The molecule has 1 aromatic heterocycles. The summed E-state index contributed by atoms with van der Waals surface area (Å²) in [4.78, 5) is 17.8. The molecule has 4 aromatic rings. The Balaban J connectivity index is 1.67. The van der Waals surface area contributed by atoms with Crippen molar-refractivity contribution >= 4 is 45.5 Å². The molecular formula is C26H24ClN3O3S. The van der Waals surface area contributed by atoms with Crippen LogP contribution in [0.4, 0.5) is 5.69 Å². The molecule has 0 atom stereocenters. The smallest absolute Gasteiger partial charge is 0.253 e. The van der Waals surface area contributed by atoms with Gasteiger partial charge in [-0.3, -0.25) is 4.79 Å². The maximum absolute atomic E-state index is 12.9. The van der Waals surface area contributed by atoms with Gasteiger partial charge in [-0.25, -0.2) is 0 Å². The lowest BCUT2D eigenvalue weighted by atomic mass is 10.1. The van der Waals surface area contributed by atoms with Gasteiger partial charge in [-0.2, -0.15) is 0 Å². The third-order valence-electron chi connectivity index (χ3n) is 5.41. The molecule has 6 nitrogen and oxygen atoms in total. The zero-order valence-electron chi connectivity index (χ0n) is 18.8. The Morgan fingerprint density at radius 3 is 2.53 bits per heavy atom. The molecule has 0 unspecified atom stereocenters. The number of nitrogens with one attached hydrogen (secondary N) is 2. The first kappa shape index (κ1) is 23.6. The second-order valence-corrected chi connectivity index (χ2v) is 8.51. The molecule has 0 fully saturated rings. The molecule has 1 heterocycles. The summed E-state index contributed by atoms with van der Waals surface area (Å²) in [5, 5.41) is 5.20. The number of halogens is 1. The summed E-state index contributed by atoms with van der Waals surface area (Å²) in [6, 6.07) is 22.5. The molecule has 0 spiro atoms. The van der Waals surface area contributed by atoms with E-state index in [0.29, 0.717) is 40.1 Å². The van der Waals surface area contributed by atoms with Gasteiger partial charge in [0.05, 0.1) is 26.3 Å². The number of rotatable bonds is 7. The van der Waals surface area contributed by atoms with Gasteiger partial charge in [-0.05, 0) is 60.1 Å². The molecule has 3 aromatic carbocycles. The maximum atomic E-state index is 12.9. The Bertz CT molecular complexity index is 1390. The van der Waals surface area contributed by atoms with E-state index in [1.54, 1.807) is 32.4 Å². The second kappa shape index (κ2) is 10.6. The summed E-state index contributed by atoms with van der Waals surface area (Å²) in [6.07, 6.45) is 0. The minimum absolute atomic E-state index is 0.184. The predicted molar refractivity (Wildman–Crippen MR) is 141 cm³/mol. The van der Waals surface area contributed by atoms with Crippen LogP contribution in [0, 0.1) is 0 Å². The summed E-state index contributed by atoms with van der Waals surface area (Å²) in [6.45, 7) is 0.734. The van der Waals surface area contributed by atoms with E-state index in [-0.39, 0.29) is 5.56 Å². The van der Waals surface area contributed by atoms with Gasteiger partial charge in [0, 0.05) is 34.4 Å². The van der Waals surface area contributed by atoms with Crippen molar-refractivity contribution < 1.29 is 9.47 Å². The largest absolute Gasteiger partial charge is 0.497 e. The number of anilines is 1. The van der Waals surface area contributed by atoms with Gasteiger partial charge in [0.2, 0.25) is 0 Å². The van der Waals surface area contributed by atoms with Gasteiger partial charge in [0.25, 0.3) is 5.56 Å². The van der Waals surface area contributed by atoms with E-state index in [1.165, 1.54) is 0 Å². The van der Waals surface area contributed by atoms with Gasteiger partial charge < -0.3 is 24.7 Å². The summed E-state index contributed by atoms with van der Waals surface area (Å²) in [5.74, 6) is 1.43. The van der Waals surface area contributed by atoms with Crippen LogP contribution in [0.15, 0.2) is 77.6 Å². The van der Waals surface area contributed by atoms with Gasteiger partial charge in [-0.1, -0.05) is 35.9 Å². The van der Waals surface area contributed by atoms with Crippen LogP contribution in [0.25, 0.3) is 10.9 Å². The van der Waals surface area contributed by atoms with Crippen LogP contribution in [0.1, 0.15) is 11.1 Å². The van der Waals surface area contributed by atoms with E-state index in [4.69, 9.17) is 33.3 Å². The highest BCUT2D eigenvalue weighted by atomic mass is 35.5. The first-order valence-corrected chi connectivity index (χ1v) is 11.4. The molecule has 174 valence electrons. The first-order chi connectivity index (χ1) is 16.5. The minimum Gasteiger partial charge on any atom is -0.497 e. The van der Waals surface area contributed by atoms with Crippen LogP contribution in [-0.4, -0.2) is 29.2 Å². The number of hydrogen-bond donors (Lipinski definition) is 2. The summed E-state index contributed by atoms with van der Waals surface area (Å²) in [5.41, 5.74) is 2.83. The van der Waals surface area contributed by atoms with Crippen molar-refractivity contribution in [3.8, 4) is 11.5 Å². The van der Waals surface area contributed by atoms with Crippen LogP contribution in [-0.2, 0) is 13.1 Å². The van der Waals surface area contributed by atoms with Gasteiger partial charge in [0.1, 0.15) is 11.5 Å². The van der Waals surface area contributed by atoms with Gasteiger partial charge >= 0.3 is 0 Å². The fraction of sp³-hybridized carbons (Fsp3) is 0.154. The lowest BCUT2D eigenvalue weighted by molar-refractivity contribution is 0.377. The Hall–Kier alpha value is -3.55. The van der Waals surface area contributed by atoms with Crippen molar-refractivity contribution in [1.29, 1.82) is 0 Å². The average molecular weight is 494 g/mol. The number of fused-ring (bicyclic) bond motifs is 1. The normalized spacial score (nSPS) is 10.7. The van der Waals surface area contributed by atoms with E-state index in [0.717, 1.165) is 22.4 Å². The maximum Gasteiger partial charge on any atom is 0.253 e. The number of pyridine rings is 1. The number of hydrogen-bond acceptors (Lipinski definition) is 4. The van der Waals surface area contributed by atoms with E-state index in [9.17, 15) is 4.79 Å². The zero-order valence-corrected chi connectivity index (χ0v) is 20.4. The lowest BCUT2D eigenvalue weighted by Gasteiger charge is -2.27. The molecule has 0 aliphatic carbocycles. The molecular weight excluding hydrogens is 470 g/mol. The molecule has 0 aliphatic heterocycles. The van der Waals surface area contributed by atoms with Crippen molar-refractivity contribution in [2.45, 2.75) is 13.1 Å². The first-order valence-electron chi connectivity index (χ1n) is 10.6. The second-order valence-electron chi connectivity index (χ2n) is 7.69. The minimum atomic E-state index is -0.184. The number of nitrogens with zero attached hydrogens (tertiary/aromatic N) is 1. The highest BCUT2D eigenvalue weighted by molar-refractivity contribution is 7.80. The molecule has 8 heteroatoms. The van der Waals surface area contributed by atoms with Crippen LogP contribution in [0.2, 0.25) is 5.02 Å². The number of aromatic amines is 1. The fourth-order valence-electron chi connectivity index (χ4n) is 3.68. The predicted octanol–water partition coefficient (Wildman–Crippen LogP) is 5.60. The number of H-pyrrole nitrogens is 1. The molecule has 0 saturated heterocycles. The standard InChI is InChI=1S/C26H24ClN3O3S/c1-32-22-11-10-17-12-19(25(31)29-23(17)14-22)16-30(15-18-6-3-4-9-24(18)33-2)26(34)28-21-8-5-7-20(27)13-21/h3-14H,15-16H2,1-2H3,(H,28,34)(H,29,31). The number of aromatic nitrogens is 1. The molecule has 2 N–H and O–H groups in total. The molecule has 34 heavy (non-hydrogen) atoms. The Kier molecular flexibility index (Phi) is 7.35. The van der Waals surface area contributed by atoms with Crippen molar-refractivity contribution in [3.63, 3.8) is 0 Å². The van der Waals surface area contributed by atoms with Crippen molar-refractivity contribution in [1.82, 2.24) is 9.88 Å². The van der Waals surface area contributed by atoms with Gasteiger partial charge in [0.15, 0.2) is 5.11 Å². The highest BCUT2D eigenvalue weighted by Gasteiger charge is 2.16. The molecule has 4 rings (SSSR count). The third kappa shape index (κ3) is 5.50. The zero-order chi connectivity index (χ0) is 24.1. The van der Waals surface area contributed by atoms with Crippen LogP contribution in [0.5, 0.6) is 11.5 Å². The molecule has 0 bridgehead atoms. The van der Waals surface area contributed by atoms with E-state index < -0.39 is 0 Å². The summed E-state index contributed by atoms with van der Waals surface area (Å²) in [7, 11) is 3.23. The van der Waals surface area contributed by atoms with Crippen molar-refractivity contribution in [2.24, 2.45) is 0 Å². The van der Waals surface area contributed by atoms with Crippen molar-refractivity contribution in [3.05, 3.63) is 99.3 Å². The number of para-hydroxylation sites is 1. The number of methoxy groups -OCH3 is 2.